The second-order valence-corrected chi connectivity index (χ2v) is 7.22. The molecule has 1 heterocycles. The molecule has 1 saturated carbocycles. The first-order chi connectivity index (χ1) is 13.5. The Kier molecular flexibility index (Phi) is 8.15. The summed E-state index contributed by atoms with van der Waals surface area (Å²) in [6.07, 6.45) is 4.81. The van der Waals surface area contributed by atoms with Gasteiger partial charge >= 0.3 is 11.9 Å². The lowest BCUT2D eigenvalue weighted by molar-refractivity contribution is -0.157. The van der Waals surface area contributed by atoms with Crippen molar-refractivity contribution >= 4 is 11.9 Å². The summed E-state index contributed by atoms with van der Waals surface area (Å²) in [5.74, 6) is 0.517. The van der Waals surface area contributed by atoms with Gasteiger partial charge in [0.25, 0.3) is 0 Å². The number of methoxy groups -OCH3 is 2. The van der Waals surface area contributed by atoms with E-state index in [2.05, 4.69) is 11.7 Å². The van der Waals surface area contributed by atoms with Crippen molar-refractivity contribution in [3.63, 3.8) is 0 Å². The first-order valence-corrected chi connectivity index (χ1v) is 10.2. The fourth-order valence-electron chi connectivity index (χ4n) is 3.98. The Morgan fingerprint density at radius 1 is 1.04 bits per heavy atom. The lowest BCUT2D eigenvalue weighted by atomic mass is 9.90. The lowest BCUT2D eigenvalue weighted by Gasteiger charge is -2.20. The minimum Gasteiger partial charge on any atom is -0.493 e. The molecule has 1 aromatic carbocycles. The number of amides is 1. The third kappa shape index (κ3) is 4.97. The van der Waals surface area contributed by atoms with Crippen LogP contribution in [0.15, 0.2) is 18.2 Å². The number of nitrogens with zero attached hydrogens (tertiary/aromatic N) is 1. The summed E-state index contributed by atoms with van der Waals surface area (Å²) < 4.78 is 16.2. The monoisotopic (exact) mass is 391 g/mol. The second kappa shape index (κ2) is 10.3. The summed E-state index contributed by atoms with van der Waals surface area (Å²) in [6.45, 7) is 7.14. The number of carbonyl (C=O) groups excluding carboxylic acids is 2. The topological polar surface area (TPSA) is 65.1 Å². The Hall–Kier alpha value is -2.24. The van der Waals surface area contributed by atoms with E-state index in [0.29, 0.717) is 13.1 Å². The van der Waals surface area contributed by atoms with Crippen molar-refractivity contribution in [2.45, 2.75) is 58.5 Å². The Morgan fingerprint density at radius 2 is 1.71 bits per heavy atom. The highest BCUT2D eigenvalue weighted by atomic mass is 16.5. The molecule has 1 amide bonds. The van der Waals surface area contributed by atoms with Crippen LogP contribution in [-0.2, 0) is 14.3 Å². The predicted molar refractivity (Wildman–Crippen MR) is 108 cm³/mol. The number of rotatable bonds is 4. The Labute approximate surface area is 168 Å². The average molecular weight is 392 g/mol. The molecule has 0 N–H and O–H groups in total. The van der Waals surface area contributed by atoms with Crippen LogP contribution in [0.4, 0.5) is 0 Å². The van der Waals surface area contributed by atoms with Crippen LogP contribution in [0.5, 0.6) is 11.5 Å². The third-order valence-corrected chi connectivity index (χ3v) is 5.47. The van der Waals surface area contributed by atoms with Crippen LogP contribution in [0, 0.1) is 5.92 Å². The summed E-state index contributed by atoms with van der Waals surface area (Å²) in [5, 5.41) is 0. The van der Waals surface area contributed by atoms with Crippen molar-refractivity contribution in [1.29, 1.82) is 0 Å². The van der Waals surface area contributed by atoms with Crippen molar-refractivity contribution in [3.05, 3.63) is 23.8 Å². The standard InChI is InChI=1S/C20H27NO5.C2H6/c1-13-11-21(19(22)20(23)25-3)12-16(13)14-8-9-17(24-2)18(10-14)26-15-6-4-5-7-15;1-2/h8-10,13,15-16H,4-7,11-12H2,1-3H3;1-2H3/t13-,16+;/m0./s1. The molecule has 6 heteroatoms. The van der Waals surface area contributed by atoms with Gasteiger partial charge in [-0.05, 0) is 49.3 Å². The molecule has 1 saturated heterocycles. The van der Waals surface area contributed by atoms with Crippen molar-refractivity contribution in [1.82, 2.24) is 4.90 Å². The molecule has 0 radical (unpaired) electrons. The Bertz CT molecular complexity index is 669. The summed E-state index contributed by atoms with van der Waals surface area (Å²) in [7, 11) is 2.87. The summed E-state index contributed by atoms with van der Waals surface area (Å²) >= 11 is 0. The molecule has 1 aliphatic heterocycles. The maximum absolute atomic E-state index is 12.1. The van der Waals surface area contributed by atoms with Gasteiger partial charge in [0.2, 0.25) is 0 Å². The average Bonchev–Trinajstić information content (AvgIpc) is 3.38. The van der Waals surface area contributed by atoms with Crippen LogP contribution in [0.25, 0.3) is 0 Å². The predicted octanol–water partition coefficient (Wildman–Crippen LogP) is 3.78. The molecule has 2 aliphatic rings. The smallest absolute Gasteiger partial charge is 0.396 e. The van der Waals surface area contributed by atoms with Crippen LogP contribution >= 0.6 is 0 Å². The highest BCUT2D eigenvalue weighted by Gasteiger charge is 2.36. The number of esters is 1. The molecule has 156 valence electrons. The molecule has 28 heavy (non-hydrogen) atoms. The molecule has 3 rings (SSSR count). The highest BCUT2D eigenvalue weighted by molar-refractivity contribution is 6.32. The first kappa shape index (κ1) is 22.1. The fraction of sp³-hybridized carbons (Fsp3) is 0.636. The largest absolute Gasteiger partial charge is 0.493 e. The van der Waals surface area contributed by atoms with Crippen molar-refractivity contribution in [3.8, 4) is 11.5 Å². The van der Waals surface area contributed by atoms with E-state index in [9.17, 15) is 9.59 Å². The van der Waals surface area contributed by atoms with Gasteiger partial charge in [0.05, 0.1) is 20.3 Å². The molecule has 1 aliphatic carbocycles. The van der Waals surface area contributed by atoms with Crippen molar-refractivity contribution < 1.29 is 23.8 Å². The molecular formula is C22H33NO5. The summed E-state index contributed by atoms with van der Waals surface area (Å²) in [5.41, 5.74) is 1.10. The maximum atomic E-state index is 12.1. The van der Waals surface area contributed by atoms with Crippen molar-refractivity contribution in [2.24, 2.45) is 5.92 Å². The SMILES string of the molecule is CC.COC(=O)C(=O)N1C[C@H](C)[C@H](c2ccc(OC)c(OC3CCCC3)c2)C1. The molecule has 1 aromatic rings. The number of carbonyl (C=O) groups is 2. The van der Waals surface area contributed by atoms with Gasteiger partial charge in [-0.3, -0.25) is 4.79 Å². The van der Waals surface area contributed by atoms with Gasteiger partial charge in [-0.15, -0.1) is 0 Å². The number of hydrogen-bond donors (Lipinski definition) is 0. The lowest BCUT2D eigenvalue weighted by Crippen LogP contribution is -2.35. The van der Waals surface area contributed by atoms with E-state index < -0.39 is 11.9 Å². The van der Waals surface area contributed by atoms with E-state index in [4.69, 9.17) is 9.47 Å². The Balaban J connectivity index is 0.00000136. The Morgan fingerprint density at radius 3 is 2.32 bits per heavy atom. The van der Waals surface area contributed by atoms with Gasteiger partial charge in [-0.25, -0.2) is 4.79 Å². The molecular weight excluding hydrogens is 358 g/mol. The van der Waals surface area contributed by atoms with Gasteiger partial charge in [0, 0.05) is 19.0 Å². The molecule has 6 nitrogen and oxygen atoms in total. The zero-order chi connectivity index (χ0) is 20.7. The second-order valence-electron chi connectivity index (χ2n) is 7.22. The normalized spacial score (nSPS) is 21.7. The van der Waals surface area contributed by atoms with E-state index >= 15 is 0 Å². The van der Waals surface area contributed by atoms with Crippen LogP contribution in [0.3, 0.4) is 0 Å². The van der Waals surface area contributed by atoms with E-state index in [1.54, 1.807) is 12.0 Å². The molecule has 0 aromatic heterocycles. The molecule has 0 spiro atoms. The van der Waals surface area contributed by atoms with E-state index in [1.807, 2.05) is 32.0 Å². The number of benzene rings is 1. The number of hydrogen-bond acceptors (Lipinski definition) is 5. The molecule has 0 bridgehead atoms. The van der Waals surface area contributed by atoms with Gasteiger partial charge in [-0.1, -0.05) is 26.8 Å². The van der Waals surface area contributed by atoms with Crippen molar-refractivity contribution in [2.75, 3.05) is 27.3 Å². The maximum Gasteiger partial charge on any atom is 0.396 e. The highest BCUT2D eigenvalue weighted by Crippen LogP contribution is 2.38. The van der Waals surface area contributed by atoms with Gasteiger partial charge < -0.3 is 19.1 Å². The van der Waals surface area contributed by atoms with Gasteiger partial charge in [0.15, 0.2) is 11.5 Å². The fourth-order valence-corrected chi connectivity index (χ4v) is 3.98. The van der Waals surface area contributed by atoms with Crippen LogP contribution < -0.4 is 9.47 Å². The van der Waals surface area contributed by atoms with Crippen LogP contribution in [-0.4, -0.2) is 50.2 Å². The van der Waals surface area contributed by atoms with E-state index in [-0.39, 0.29) is 17.9 Å². The van der Waals surface area contributed by atoms with E-state index in [0.717, 1.165) is 29.9 Å². The minimum atomic E-state index is -0.808. The minimum absolute atomic E-state index is 0.153. The summed E-state index contributed by atoms with van der Waals surface area (Å²) in [4.78, 5) is 25.2. The first-order valence-electron chi connectivity index (χ1n) is 10.2. The van der Waals surface area contributed by atoms with Crippen LogP contribution in [0.2, 0.25) is 0 Å². The number of ether oxygens (including phenoxy) is 3. The molecule has 0 unspecified atom stereocenters. The third-order valence-electron chi connectivity index (χ3n) is 5.47. The van der Waals surface area contributed by atoms with Crippen LogP contribution in [0.1, 0.15) is 57.9 Å². The zero-order valence-corrected chi connectivity index (χ0v) is 17.7. The molecule has 2 atom stereocenters. The van der Waals surface area contributed by atoms with E-state index in [1.165, 1.54) is 20.0 Å². The quantitative estimate of drug-likeness (QED) is 0.577. The summed E-state index contributed by atoms with van der Waals surface area (Å²) in [6, 6.07) is 5.98. The van der Waals surface area contributed by atoms with Gasteiger partial charge in [-0.2, -0.15) is 0 Å². The number of likely N-dealkylation sites (tertiary alicyclic amines) is 1. The molecule has 2 fully saturated rings. The zero-order valence-electron chi connectivity index (χ0n) is 17.7. The van der Waals surface area contributed by atoms with Gasteiger partial charge in [0.1, 0.15) is 0 Å².